The van der Waals surface area contributed by atoms with Crippen molar-refractivity contribution in [1.82, 2.24) is 30.1 Å². The highest BCUT2D eigenvalue weighted by atomic mass is 15.1. The highest BCUT2D eigenvalue weighted by Crippen LogP contribution is 2.31. The Balaban J connectivity index is 1.17. The summed E-state index contributed by atoms with van der Waals surface area (Å²) in [6.07, 6.45) is 8.37. The van der Waals surface area contributed by atoms with E-state index in [1.807, 2.05) is 17.2 Å². The predicted octanol–water partition coefficient (Wildman–Crippen LogP) is 4.78. The van der Waals surface area contributed by atoms with Gasteiger partial charge in [0.15, 0.2) is 7.98 Å². The molecule has 2 fully saturated rings. The van der Waals surface area contributed by atoms with E-state index >= 15 is 0 Å². The summed E-state index contributed by atoms with van der Waals surface area (Å²) in [5, 5.41) is 3.49. The normalized spacial score (nSPS) is 21.1. The second kappa shape index (κ2) is 8.65. The van der Waals surface area contributed by atoms with Crippen LogP contribution in [-0.2, 0) is 0 Å². The molecule has 0 spiro atoms. The summed E-state index contributed by atoms with van der Waals surface area (Å²) < 4.78 is 0. The Bertz CT molecular complexity index is 1220. The van der Waals surface area contributed by atoms with Crippen molar-refractivity contribution in [2.24, 2.45) is 0 Å². The Labute approximate surface area is 195 Å². The van der Waals surface area contributed by atoms with E-state index in [0.29, 0.717) is 6.04 Å². The minimum Gasteiger partial charge on any atom is -0.345 e. The number of nitrogens with zero attached hydrogens (tertiary/aromatic N) is 3. The van der Waals surface area contributed by atoms with Crippen molar-refractivity contribution in [2.75, 3.05) is 13.1 Å². The smallest absolute Gasteiger partial charge is 0.183 e. The molecule has 2 aromatic heterocycles. The zero-order chi connectivity index (χ0) is 22.2. The van der Waals surface area contributed by atoms with Gasteiger partial charge in [-0.1, -0.05) is 48.5 Å². The third-order valence-electron chi connectivity index (χ3n) is 6.92. The molecule has 2 radical (unpaired) electrons. The first-order valence-corrected chi connectivity index (χ1v) is 11.8. The molecule has 2 saturated heterocycles. The molecule has 3 N–H and O–H groups in total. The summed E-state index contributed by atoms with van der Waals surface area (Å²) in [6.45, 7) is 2.00. The van der Waals surface area contributed by atoms with Crippen LogP contribution in [-0.4, -0.2) is 45.8 Å². The van der Waals surface area contributed by atoms with Gasteiger partial charge in [0.05, 0.1) is 35.9 Å². The van der Waals surface area contributed by atoms with Gasteiger partial charge in [-0.25, -0.2) is 9.97 Å². The summed E-state index contributed by atoms with van der Waals surface area (Å²) in [6, 6.07) is 17.8. The lowest BCUT2D eigenvalue weighted by atomic mass is 10.0. The number of hydrogen-bond acceptors (Lipinski definition) is 4. The molecule has 2 aliphatic rings. The van der Waals surface area contributed by atoms with Crippen molar-refractivity contribution in [3.8, 4) is 33.6 Å². The van der Waals surface area contributed by atoms with Gasteiger partial charge in [-0.3, -0.25) is 0 Å². The molecule has 2 aliphatic heterocycles. The van der Waals surface area contributed by atoms with Gasteiger partial charge in [0.2, 0.25) is 0 Å². The van der Waals surface area contributed by atoms with Crippen molar-refractivity contribution in [2.45, 2.75) is 37.8 Å². The van der Waals surface area contributed by atoms with E-state index in [-0.39, 0.29) is 6.04 Å². The molecule has 0 aliphatic carbocycles. The van der Waals surface area contributed by atoms with E-state index < -0.39 is 0 Å². The molecule has 6 nitrogen and oxygen atoms in total. The molecule has 0 unspecified atom stereocenters. The quantitative estimate of drug-likeness (QED) is 0.396. The van der Waals surface area contributed by atoms with Gasteiger partial charge >= 0.3 is 0 Å². The summed E-state index contributed by atoms with van der Waals surface area (Å²) in [7, 11) is 6.09. The van der Waals surface area contributed by atoms with Gasteiger partial charge in [-0.05, 0) is 61.0 Å². The highest BCUT2D eigenvalue weighted by Gasteiger charge is 2.24. The van der Waals surface area contributed by atoms with E-state index in [9.17, 15) is 0 Å². The van der Waals surface area contributed by atoms with E-state index in [0.717, 1.165) is 66.5 Å². The lowest BCUT2D eigenvalue weighted by molar-refractivity contribution is 0.418. The maximum absolute atomic E-state index is 6.09. The number of H-pyrrole nitrogens is 2. The summed E-state index contributed by atoms with van der Waals surface area (Å²) >= 11 is 0. The minimum absolute atomic E-state index is 0.192. The van der Waals surface area contributed by atoms with Crippen LogP contribution in [0.5, 0.6) is 0 Å². The first-order chi connectivity index (χ1) is 16.2. The molecule has 0 bridgehead atoms. The third kappa shape index (κ3) is 4.03. The minimum atomic E-state index is 0.192. The molecule has 4 aromatic rings. The summed E-state index contributed by atoms with van der Waals surface area (Å²) in [5.41, 5.74) is 6.75. The standard InChI is InChI=1S/C26H27BN6/c27-33-14-2-4-24(33)26-30-16-23(32-26)20-11-7-18(8-12-20)17-5-9-19(10-6-17)22-15-29-25(31-22)21-3-1-13-28-21/h5-12,15-16,21,24,28H,1-4,13-14H2,(H,29,31)(H,30,32)/t21-,24+/m0/s1. The molecule has 2 aromatic carbocycles. The van der Waals surface area contributed by atoms with Gasteiger partial charge in [-0.2, -0.15) is 0 Å². The molecule has 0 amide bonds. The maximum Gasteiger partial charge on any atom is 0.183 e. The molecule has 164 valence electrons. The molecule has 4 heterocycles. The third-order valence-corrected chi connectivity index (χ3v) is 6.92. The van der Waals surface area contributed by atoms with Crippen LogP contribution >= 0.6 is 0 Å². The van der Waals surface area contributed by atoms with Crippen LogP contribution in [0.1, 0.15) is 49.4 Å². The molecule has 33 heavy (non-hydrogen) atoms. The van der Waals surface area contributed by atoms with Crippen molar-refractivity contribution < 1.29 is 0 Å². The molecular formula is C26H27BN6. The van der Waals surface area contributed by atoms with Gasteiger partial charge in [0, 0.05) is 0 Å². The highest BCUT2D eigenvalue weighted by molar-refractivity contribution is 6.04. The van der Waals surface area contributed by atoms with E-state index in [4.69, 9.17) is 7.98 Å². The number of hydrogen-bond donors (Lipinski definition) is 3. The summed E-state index contributed by atoms with van der Waals surface area (Å²) in [4.78, 5) is 18.0. The van der Waals surface area contributed by atoms with Gasteiger partial charge in [0.25, 0.3) is 0 Å². The fourth-order valence-corrected chi connectivity index (χ4v) is 5.00. The van der Waals surface area contributed by atoms with Gasteiger partial charge < -0.3 is 20.1 Å². The van der Waals surface area contributed by atoms with E-state index in [1.54, 1.807) is 0 Å². The fraction of sp³-hybridized carbons (Fsp3) is 0.308. The topological polar surface area (TPSA) is 72.6 Å². The van der Waals surface area contributed by atoms with Crippen LogP contribution in [0.15, 0.2) is 60.9 Å². The molecule has 7 heteroatoms. The Hall–Kier alpha value is -3.16. The number of imidazole rings is 2. The van der Waals surface area contributed by atoms with Crippen molar-refractivity contribution in [3.05, 3.63) is 72.6 Å². The number of benzene rings is 2. The molecule has 6 rings (SSSR count). The second-order valence-electron chi connectivity index (χ2n) is 9.06. The number of rotatable bonds is 5. The zero-order valence-corrected chi connectivity index (χ0v) is 18.6. The molecule has 2 atom stereocenters. The Morgan fingerprint density at radius 1 is 0.727 bits per heavy atom. The second-order valence-corrected chi connectivity index (χ2v) is 9.06. The van der Waals surface area contributed by atoms with E-state index in [2.05, 4.69) is 73.8 Å². The predicted molar refractivity (Wildman–Crippen MR) is 131 cm³/mol. The lowest BCUT2D eigenvalue weighted by Crippen LogP contribution is -2.20. The van der Waals surface area contributed by atoms with Crippen molar-refractivity contribution >= 4 is 7.98 Å². The Kier molecular flexibility index (Phi) is 5.36. The van der Waals surface area contributed by atoms with Crippen LogP contribution in [0.2, 0.25) is 0 Å². The monoisotopic (exact) mass is 434 g/mol. The van der Waals surface area contributed by atoms with Gasteiger partial charge in [0.1, 0.15) is 11.6 Å². The lowest BCUT2D eigenvalue weighted by Gasteiger charge is -2.17. The summed E-state index contributed by atoms with van der Waals surface area (Å²) in [5.74, 6) is 1.99. The number of nitrogens with one attached hydrogen (secondary N) is 3. The van der Waals surface area contributed by atoms with Crippen LogP contribution in [0, 0.1) is 0 Å². The van der Waals surface area contributed by atoms with Crippen LogP contribution in [0.4, 0.5) is 0 Å². The molecule has 0 saturated carbocycles. The average Bonchev–Trinajstić information content (AvgIpc) is 3.66. The number of aromatic nitrogens is 4. The largest absolute Gasteiger partial charge is 0.345 e. The first-order valence-electron chi connectivity index (χ1n) is 11.8. The average molecular weight is 434 g/mol. The Morgan fingerprint density at radius 2 is 1.30 bits per heavy atom. The van der Waals surface area contributed by atoms with Crippen molar-refractivity contribution in [3.63, 3.8) is 0 Å². The van der Waals surface area contributed by atoms with Gasteiger partial charge in [-0.15, -0.1) is 0 Å². The number of aromatic amines is 2. The first kappa shape index (κ1) is 20.5. The van der Waals surface area contributed by atoms with Crippen LogP contribution in [0.25, 0.3) is 33.6 Å². The fourth-order valence-electron chi connectivity index (χ4n) is 5.00. The van der Waals surface area contributed by atoms with Crippen LogP contribution in [0.3, 0.4) is 0 Å². The maximum atomic E-state index is 6.09. The SMILES string of the molecule is [B]N1CCC[C@@H]1c1ncc(-c2ccc(-c3ccc(-c4cnc([C@@H]5CCCN5)[nH]4)cc3)cc2)[nH]1. The zero-order valence-electron chi connectivity index (χ0n) is 18.6. The molecular weight excluding hydrogens is 407 g/mol. The Morgan fingerprint density at radius 3 is 1.85 bits per heavy atom. The van der Waals surface area contributed by atoms with E-state index in [1.165, 1.54) is 17.5 Å². The van der Waals surface area contributed by atoms with Crippen molar-refractivity contribution in [1.29, 1.82) is 0 Å². The van der Waals surface area contributed by atoms with Crippen LogP contribution < -0.4 is 5.32 Å².